The van der Waals surface area contributed by atoms with Crippen LogP contribution >= 0.6 is 15.9 Å². The van der Waals surface area contributed by atoms with E-state index >= 15 is 4.79 Å². The van der Waals surface area contributed by atoms with E-state index in [1.165, 1.54) is 0 Å². The molecule has 68 heavy (non-hydrogen) atoms. The molecule has 5 aromatic rings. The van der Waals surface area contributed by atoms with Gasteiger partial charge >= 0.3 is 0 Å². The molecular weight excluding hydrogens is 941 g/mol. The second-order valence-corrected chi connectivity index (χ2v) is 24.2. The molecule has 1 fully saturated rings. The number of rotatable bonds is 19. The van der Waals surface area contributed by atoms with Gasteiger partial charge in [0, 0.05) is 41.3 Å². The number of nitrogens with zero attached hydrogens (tertiary/aromatic N) is 3. The number of aliphatic hydroxyl groups is 2. The molecule has 1 spiro atoms. The maximum Gasteiger partial charge on any atom is 0.264 e. The Bertz CT molecular complexity index is 2600. The van der Waals surface area contributed by atoms with Crippen molar-refractivity contribution in [3.05, 3.63) is 142 Å². The van der Waals surface area contributed by atoms with E-state index in [1.54, 1.807) is 21.8 Å². The number of amides is 3. The van der Waals surface area contributed by atoms with Crippen molar-refractivity contribution in [2.24, 2.45) is 5.92 Å². The quantitative estimate of drug-likeness (QED) is 0.0555. The number of nitrogens with one attached hydrogen (secondary N) is 1. The molecule has 3 amide bonds. The van der Waals surface area contributed by atoms with Gasteiger partial charge in [-0.05, 0) is 116 Å². The summed E-state index contributed by atoms with van der Waals surface area (Å²) in [6.45, 7) is 10.4. The first kappa shape index (κ1) is 49.1. The van der Waals surface area contributed by atoms with Crippen molar-refractivity contribution >= 4 is 64.0 Å². The number of ether oxygens (including phenoxy) is 3. The summed E-state index contributed by atoms with van der Waals surface area (Å²) in [6.07, 6.45) is 1.28. The number of unbranched alkanes of at least 4 members (excludes halogenated alkanes) is 1. The van der Waals surface area contributed by atoms with Gasteiger partial charge in [0.25, 0.3) is 5.91 Å². The van der Waals surface area contributed by atoms with E-state index < -0.39 is 25.8 Å². The summed E-state index contributed by atoms with van der Waals surface area (Å²) in [7, 11) is -0.944. The zero-order valence-corrected chi connectivity index (χ0v) is 42.2. The Morgan fingerprint density at radius 1 is 0.897 bits per heavy atom. The van der Waals surface area contributed by atoms with Gasteiger partial charge < -0.3 is 39.5 Å². The van der Waals surface area contributed by atoms with E-state index in [9.17, 15) is 19.8 Å². The molecule has 0 radical (unpaired) electrons. The fourth-order valence-electron chi connectivity index (χ4n) is 10.9. The lowest BCUT2D eigenvalue weighted by atomic mass is 9.82. The summed E-state index contributed by atoms with van der Waals surface area (Å²) in [6, 6.07) is 36.9. The zero-order chi connectivity index (χ0) is 48.2. The fraction of sp³-hybridized carbons (Fsp3) is 0.389. The van der Waals surface area contributed by atoms with Crippen molar-refractivity contribution in [1.29, 1.82) is 0 Å². The Labute approximate surface area is 409 Å². The number of anilines is 3. The summed E-state index contributed by atoms with van der Waals surface area (Å²) < 4.78 is 19.6. The number of methoxy groups -OCH3 is 1. The van der Waals surface area contributed by atoms with Crippen LogP contribution in [0.25, 0.3) is 0 Å². The average molecular weight is 1000 g/mol. The molecule has 8 rings (SSSR count). The van der Waals surface area contributed by atoms with Crippen LogP contribution in [-0.2, 0) is 44.2 Å². The second kappa shape index (κ2) is 21.1. The first-order valence-electron chi connectivity index (χ1n) is 23.7. The van der Waals surface area contributed by atoms with Crippen molar-refractivity contribution in [3.63, 3.8) is 0 Å². The van der Waals surface area contributed by atoms with Gasteiger partial charge in [0.1, 0.15) is 11.5 Å². The Balaban J connectivity index is 1.15. The lowest BCUT2D eigenvalue weighted by molar-refractivity contribution is -0.150. The lowest BCUT2D eigenvalue weighted by Crippen LogP contribution is -2.52. The Morgan fingerprint density at radius 2 is 1.63 bits per heavy atom. The highest BCUT2D eigenvalue weighted by Gasteiger charge is 2.66. The second-order valence-electron chi connectivity index (χ2n) is 18.6. The maximum absolute atomic E-state index is 15.7. The van der Waals surface area contributed by atoms with Gasteiger partial charge in [0.05, 0.1) is 64.9 Å². The highest BCUT2D eigenvalue weighted by molar-refractivity contribution is 9.10. The summed E-state index contributed by atoms with van der Waals surface area (Å²) in [5, 5.41) is 24.1. The third-order valence-electron chi connectivity index (χ3n) is 14.1. The van der Waals surface area contributed by atoms with E-state index in [2.05, 4.69) is 53.4 Å². The molecule has 3 N–H and O–H groups in total. The van der Waals surface area contributed by atoms with Gasteiger partial charge in [-0.3, -0.25) is 19.3 Å². The highest BCUT2D eigenvalue weighted by atomic mass is 79.9. The number of hydrogen-bond acceptors (Lipinski definition) is 9. The van der Waals surface area contributed by atoms with Gasteiger partial charge in [-0.25, -0.2) is 0 Å². The molecule has 0 aliphatic carbocycles. The molecule has 3 heterocycles. The first-order chi connectivity index (χ1) is 32.8. The van der Waals surface area contributed by atoms with Crippen molar-refractivity contribution < 1.29 is 38.8 Å². The van der Waals surface area contributed by atoms with Crippen molar-refractivity contribution in [2.75, 3.05) is 49.8 Å². The minimum absolute atomic E-state index is 0.0313. The minimum atomic E-state index is -2.59. The summed E-state index contributed by atoms with van der Waals surface area (Å²) in [5.74, 6) is 0.696. The summed E-state index contributed by atoms with van der Waals surface area (Å²) in [4.78, 5) is 50.0. The Morgan fingerprint density at radius 3 is 2.35 bits per heavy atom. The van der Waals surface area contributed by atoms with E-state index in [0.29, 0.717) is 38.2 Å². The van der Waals surface area contributed by atoms with Gasteiger partial charge in [-0.15, -0.1) is 0 Å². The SMILES string of the molecule is CCOc1ccc2c(c1)CC(NCCCCO)C(=O)N2c1cccc(CN2C(=O)[C@@]3(O[C@@H](CC(=O)N(CCO)Cc4ccccc4)[C@H]([Si](C)(C)c4ccc(OC)cc4)[C@H]3C)c3cc(Br)ccc32)c1. The van der Waals surface area contributed by atoms with E-state index in [1.807, 2.05) is 110 Å². The van der Waals surface area contributed by atoms with E-state index in [4.69, 9.17) is 14.2 Å². The number of aliphatic hydroxyl groups excluding tert-OH is 2. The zero-order valence-electron chi connectivity index (χ0n) is 39.6. The molecule has 358 valence electrons. The van der Waals surface area contributed by atoms with Crippen LogP contribution in [0.15, 0.2) is 120 Å². The van der Waals surface area contributed by atoms with Crippen molar-refractivity contribution in [1.82, 2.24) is 10.2 Å². The molecule has 0 saturated carbocycles. The van der Waals surface area contributed by atoms with Gasteiger partial charge in [-0.2, -0.15) is 0 Å². The first-order valence-corrected chi connectivity index (χ1v) is 27.6. The summed E-state index contributed by atoms with van der Waals surface area (Å²) >= 11 is 3.73. The van der Waals surface area contributed by atoms with E-state index in [-0.39, 0.29) is 61.9 Å². The van der Waals surface area contributed by atoms with E-state index in [0.717, 1.165) is 61.2 Å². The minimum Gasteiger partial charge on any atom is -0.497 e. The number of benzene rings is 5. The normalized spacial score (nSPS) is 21.0. The molecule has 14 heteroatoms. The van der Waals surface area contributed by atoms with Gasteiger partial charge in [0.15, 0.2) is 5.60 Å². The molecule has 3 aliphatic heterocycles. The molecule has 0 bridgehead atoms. The van der Waals surface area contributed by atoms with Crippen molar-refractivity contribution in [3.8, 4) is 11.5 Å². The van der Waals surface area contributed by atoms with Gasteiger partial charge in [-0.1, -0.05) is 95.7 Å². The Kier molecular flexibility index (Phi) is 15.2. The lowest BCUT2D eigenvalue weighted by Gasteiger charge is -2.37. The van der Waals surface area contributed by atoms with Crippen LogP contribution in [0.5, 0.6) is 11.5 Å². The molecule has 0 aromatic heterocycles. The molecule has 3 aliphatic rings. The molecular formula is C54H63BrN4O8Si. The van der Waals surface area contributed by atoms with Crippen molar-refractivity contribution in [2.45, 2.75) is 89.0 Å². The third-order valence-corrected chi connectivity index (χ3v) is 19.0. The number of carbonyl (C=O) groups excluding carboxylic acids is 3. The summed E-state index contributed by atoms with van der Waals surface area (Å²) in [5.41, 5.74) is 4.08. The monoisotopic (exact) mass is 1000 g/mol. The van der Waals surface area contributed by atoms with Crippen LogP contribution < -0.4 is 29.8 Å². The standard InChI is InChI=1S/C54H63BrN4O8Si/c1-6-66-43-20-24-47-39(30-43)31-46(56-25-10-11-27-60)52(63)59(47)41-16-12-15-38(29-41)35-58-48-23-17-40(55)32-45(48)54(53(58)64)36(2)51(68(4,5)44-21-18-42(65-3)19-22-44)49(67-54)33-50(62)57(26-28-61)34-37-13-8-7-9-14-37/h7-9,12-24,29-30,32,36,46,49,51,56,60-61H,6,10-11,25-28,31,33-35H2,1-5H3/t36-,46?,49+,51-,54+/m1/s1. The van der Waals surface area contributed by atoms with Crippen LogP contribution in [-0.4, -0.2) is 93.1 Å². The van der Waals surface area contributed by atoms with Gasteiger partial charge in [0.2, 0.25) is 11.8 Å². The Hall–Kier alpha value is -5.35. The molecule has 1 unspecified atom stereocenters. The third kappa shape index (κ3) is 9.63. The fourth-order valence-corrected chi connectivity index (χ4v) is 15.2. The van der Waals surface area contributed by atoms with Crippen LogP contribution in [0.1, 0.15) is 55.4 Å². The maximum atomic E-state index is 15.7. The number of hydrogen-bond donors (Lipinski definition) is 3. The predicted molar refractivity (Wildman–Crippen MR) is 271 cm³/mol. The number of halogens is 1. The average Bonchev–Trinajstić information content (AvgIpc) is 3.76. The molecule has 12 nitrogen and oxygen atoms in total. The van der Waals surface area contributed by atoms with Crippen LogP contribution in [0.4, 0.5) is 17.1 Å². The van der Waals surface area contributed by atoms with Crippen LogP contribution in [0.3, 0.4) is 0 Å². The predicted octanol–water partition coefficient (Wildman–Crippen LogP) is 7.98. The molecule has 5 atom stereocenters. The highest BCUT2D eigenvalue weighted by Crippen LogP contribution is 2.60. The molecule has 5 aromatic carbocycles. The number of carbonyl (C=O) groups is 3. The molecule has 1 saturated heterocycles. The largest absolute Gasteiger partial charge is 0.497 e. The number of fused-ring (bicyclic) bond motifs is 3. The smallest absolute Gasteiger partial charge is 0.264 e. The topological polar surface area (TPSA) is 141 Å². The van der Waals surface area contributed by atoms with Crippen LogP contribution in [0.2, 0.25) is 18.6 Å². The van der Waals surface area contributed by atoms with Crippen LogP contribution in [0, 0.1) is 5.92 Å².